The monoisotopic (exact) mass is 369 g/mol. The predicted octanol–water partition coefficient (Wildman–Crippen LogP) is 3.25. The average Bonchev–Trinajstić information content (AvgIpc) is 2.67. The summed E-state index contributed by atoms with van der Waals surface area (Å²) in [5.74, 6) is -0.743. The van der Waals surface area contributed by atoms with Gasteiger partial charge in [0.1, 0.15) is 5.82 Å². The molecule has 0 N–H and O–H groups in total. The minimum atomic E-state index is -0.496. The summed E-state index contributed by atoms with van der Waals surface area (Å²) < 4.78 is 13.9. The third-order valence-electron chi connectivity index (χ3n) is 4.97. The van der Waals surface area contributed by atoms with Crippen molar-refractivity contribution >= 4 is 11.8 Å². The van der Waals surface area contributed by atoms with E-state index in [2.05, 4.69) is 4.98 Å². The highest BCUT2D eigenvalue weighted by Crippen LogP contribution is 2.30. The van der Waals surface area contributed by atoms with Gasteiger partial charge in [-0.15, -0.1) is 0 Å². The summed E-state index contributed by atoms with van der Waals surface area (Å²) in [6.45, 7) is 2.94. The zero-order valence-electron chi connectivity index (χ0n) is 15.9. The van der Waals surface area contributed by atoms with E-state index in [0.29, 0.717) is 31.5 Å². The number of aryl methyl sites for hydroxylation is 1. The van der Waals surface area contributed by atoms with Crippen molar-refractivity contribution in [2.75, 3.05) is 27.2 Å². The Morgan fingerprint density at radius 3 is 2.37 bits per heavy atom. The normalized spacial score (nSPS) is 14.9. The van der Waals surface area contributed by atoms with Crippen molar-refractivity contribution in [1.29, 1.82) is 0 Å². The molecule has 6 heteroatoms. The molecule has 1 saturated heterocycles. The number of piperidine rings is 1. The molecular formula is C21H24FN3O2. The lowest BCUT2D eigenvalue weighted by molar-refractivity contribution is 0.0704. The highest BCUT2D eigenvalue weighted by atomic mass is 19.1. The van der Waals surface area contributed by atoms with E-state index in [9.17, 15) is 14.0 Å². The summed E-state index contributed by atoms with van der Waals surface area (Å²) in [6.07, 6.45) is 1.40. The highest BCUT2D eigenvalue weighted by Gasteiger charge is 2.29. The van der Waals surface area contributed by atoms with Crippen molar-refractivity contribution in [2.45, 2.75) is 25.7 Å². The van der Waals surface area contributed by atoms with Crippen molar-refractivity contribution in [2.24, 2.45) is 0 Å². The van der Waals surface area contributed by atoms with Crippen molar-refractivity contribution in [3.05, 3.63) is 64.7 Å². The van der Waals surface area contributed by atoms with Gasteiger partial charge in [0.2, 0.25) is 0 Å². The molecule has 0 radical (unpaired) electrons. The first-order valence-electron chi connectivity index (χ1n) is 9.11. The average molecular weight is 369 g/mol. The fourth-order valence-electron chi connectivity index (χ4n) is 3.47. The van der Waals surface area contributed by atoms with Crippen LogP contribution in [-0.2, 0) is 0 Å². The Kier molecular flexibility index (Phi) is 5.54. The van der Waals surface area contributed by atoms with Crippen LogP contribution in [0, 0.1) is 12.7 Å². The van der Waals surface area contributed by atoms with Crippen LogP contribution in [0.2, 0.25) is 0 Å². The van der Waals surface area contributed by atoms with Crippen molar-refractivity contribution in [3.63, 3.8) is 0 Å². The van der Waals surface area contributed by atoms with Crippen LogP contribution in [0.15, 0.2) is 36.4 Å². The molecular weight excluding hydrogens is 345 g/mol. The number of carbonyl (C=O) groups is 2. The van der Waals surface area contributed by atoms with Gasteiger partial charge in [0, 0.05) is 38.8 Å². The molecule has 27 heavy (non-hydrogen) atoms. The minimum absolute atomic E-state index is 0.0673. The Bertz CT molecular complexity index is 858. The molecule has 0 atom stereocenters. The number of nitrogens with zero attached hydrogens (tertiary/aromatic N) is 3. The number of halogens is 1. The first-order valence-corrected chi connectivity index (χ1v) is 9.11. The van der Waals surface area contributed by atoms with Gasteiger partial charge in [-0.3, -0.25) is 14.6 Å². The Balaban J connectivity index is 1.76. The maximum atomic E-state index is 13.9. The van der Waals surface area contributed by atoms with Crippen LogP contribution >= 0.6 is 0 Å². The van der Waals surface area contributed by atoms with Crippen molar-refractivity contribution in [3.8, 4) is 0 Å². The molecule has 0 spiro atoms. The molecule has 3 rings (SSSR count). The van der Waals surface area contributed by atoms with Crippen LogP contribution in [0.1, 0.15) is 50.9 Å². The zero-order valence-corrected chi connectivity index (χ0v) is 15.9. The van der Waals surface area contributed by atoms with Gasteiger partial charge in [0.05, 0.1) is 16.8 Å². The number of likely N-dealkylation sites (tertiary alicyclic amines) is 1. The molecule has 1 aliphatic heterocycles. The maximum absolute atomic E-state index is 13.9. The number of carbonyl (C=O) groups excluding carboxylic acids is 2. The second-order valence-corrected chi connectivity index (χ2v) is 7.13. The number of pyridine rings is 1. The SMILES string of the molecule is Cc1ccc(C(=O)N(C)C)c(C2CCN(C(=O)c3ccccc3F)CC2)n1. The van der Waals surface area contributed by atoms with E-state index in [4.69, 9.17) is 0 Å². The second kappa shape index (κ2) is 7.86. The van der Waals surface area contributed by atoms with Crippen molar-refractivity contribution < 1.29 is 14.0 Å². The first kappa shape index (κ1) is 19.0. The first-order chi connectivity index (χ1) is 12.9. The third kappa shape index (κ3) is 3.99. The molecule has 1 aliphatic rings. The Morgan fingerprint density at radius 2 is 1.74 bits per heavy atom. The van der Waals surface area contributed by atoms with Crippen LogP contribution in [-0.4, -0.2) is 53.8 Å². The van der Waals surface area contributed by atoms with Crippen molar-refractivity contribution in [1.82, 2.24) is 14.8 Å². The predicted molar refractivity (Wildman–Crippen MR) is 101 cm³/mol. The van der Waals surface area contributed by atoms with E-state index in [1.165, 1.54) is 12.1 Å². The minimum Gasteiger partial charge on any atom is -0.345 e. The molecule has 142 valence electrons. The molecule has 1 aromatic heterocycles. The van der Waals surface area contributed by atoms with Gasteiger partial charge >= 0.3 is 0 Å². The van der Waals surface area contributed by atoms with Gasteiger partial charge in [-0.05, 0) is 44.0 Å². The number of benzene rings is 1. The molecule has 0 bridgehead atoms. The molecule has 0 aliphatic carbocycles. The summed E-state index contributed by atoms with van der Waals surface area (Å²) in [5, 5.41) is 0. The van der Waals surface area contributed by atoms with Gasteiger partial charge in [0.15, 0.2) is 0 Å². The highest BCUT2D eigenvalue weighted by molar-refractivity contribution is 5.95. The molecule has 0 saturated carbocycles. The second-order valence-electron chi connectivity index (χ2n) is 7.13. The summed E-state index contributed by atoms with van der Waals surface area (Å²) >= 11 is 0. The Labute approximate surface area is 158 Å². The molecule has 1 aromatic carbocycles. The van der Waals surface area contributed by atoms with E-state index in [0.717, 1.165) is 11.4 Å². The Hall–Kier alpha value is -2.76. The fraction of sp³-hybridized carbons (Fsp3) is 0.381. The summed E-state index contributed by atoms with van der Waals surface area (Å²) in [7, 11) is 3.45. The van der Waals surface area contributed by atoms with E-state index < -0.39 is 5.82 Å². The summed E-state index contributed by atoms with van der Waals surface area (Å²) in [6, 6.07) is 9.73. The molecule has 2 aromatic rings. The molecule has 0 unspecified atom stereocenters. The van der Waals surface area contributed by atoms with Crippen LogP contribution in [0.3, 0.4) is 0 Å². The lowest BCUT2D eigenvalue weighted by atomic mass is 9.89. The van der Waals surface area contributed by atoms with Gasteiger partial charge in [0.25, 0.3) is 11.8 Å². The van der Waals surface area contributed by atoms with Gasteiger partial charge < -0.3 is 9.80 Å². The number of rotatable bonds is 3. The molecule has 2 heterocycles. The summed E-state index contributed by atoms with van der Waals surface area (Å²) in [5.41, 5.74) is 2.38. The van der Waals surface area contributed by atoms with Gasteiger partial charge in [-0.2, -0.15) is 0 Å². The van der Waals surface area contributed by atoms with Crippen LogP contribution < -0.4 is 0 Å². The quantitative estimate of drug-likeness (QED) is 0.835. The topological polar surface area (TPSA) is 53.5 Å². The molecule has 1 fully saturated rings. The molecule has 2 amide bonds. The van der Waals surface area contributed by atoms with Crippen LogP contribution in [0.25, 0.3) is 0 Å². The standard InChI is InChI=1S/C21H24FN3O2/c1-14-8-9-17(20(26)24(2)3)19(23-14)15-10-12-25(13-11-15)21(27)16-6-4-5-7-18(16)22/h4-9,15H,10-13H2,1-3H3. The number of hydrogen-bond acceptors (Lipinski definition) is 3. The number of hydrogen-bond donors (Lipinski definition) is 0. The van der Waals surface area contributed by atoms with Gasteiger partial charge in [-0.25, -0.2) is 4.39 Å². The smallest absolute Gasteiger partial charge is 0.256 e. The number of amides is 2. The van der Waals surface area contributed by atoms with E-state index in [-0.39, 0.29) is 23.3 Å². The van der Waals surface area contributed by atoms with Gasteiger partial charge in [-0.1, -0.05) is 12.1 Å². The number of aromatic nitrogens is 1. The third-order valence-corrected chi connectivity index (χ3v) is 4.97. The van der Waals surface area contributed by atoms with E-state index in [1.54, 1.807) is 36.0 Å². The lowest BCUT2D eigenvalue weighted by Crippen LogP contribution is -2.39. The van der Waals surface area contributed by atoms with E-state index in [1.807, 2.05) is 19.1 Å². The lowest BCUT2D eigenvalue weighted by Gasteiger charge is -2.32. The van der Waals surface area contributed by atoms with E-state index >= 15 is 0 Å². The zero-order chi connectivity index (χ0) is 19.6. The van der Waals surface area contributed by atoms with Crippen LogP contribution in [0.5, 0.6) is 0 Å². The maximum Gasteiger partial charge on any atom is 0.256 e. The summed E-state index contributed by atoms with van der Waals surface area (Å²) in [4.78, 5) is 32.9. The largest absolute Gasteiger partial charge is 0.345 e. The fourth-order valence-corrected chi connectivity index (χ4v) is 3.47. The van der Waals surface area contributed by atoms with Crippen LogP contribution in [0.4, 0.5) is 4.39 Å². The Morgan fingerprint density at radius 1 is 1.07 bits per heavy atom. The molecule has 5 nitrogen and oxygen atoms in total.